The molecule has 3 rings (SSSR count). The topological polar surface area (TPSA) is 40.6 Å². The zero-order chi connectivity index (χ0) is 16.3. The Morgan fingerprint density at radius 2 is 1.83 bits per heavy atom. The van der Waals surface area contributed by atoms with Gasteiger partial charge in [-0.1, -0.05) is 18.2 Å². The first-order chi connectivity index (χ1) is 11.2. The third kappa shape index (κ3) is 3.36. The summed E-state index contributed by atoms with van der Waals surface area (Å²) in [6, 6.07) is 9.47. The molecule has 2 amide bonds. The summed E-state index contributed by atoms with van der Waals surface area (Å²) >= 11 is 7.53. The normalized spacial score (nSPS) is 20.0. The minimum atomic E-state index is -0.148. The van der Waals surface area contributed by atoms with Crippen LogP contribution in [0.3, 0.4) is 0 Å². The highest BCUT2D eigenvalue weighted by Gasteiger charge is 2.46. The molecule has 0 bridgehead atoms. The molecule has 23 heavy (non-hydrogen) atoms. The van der Waals surface area contributed by atoms with Crippen LogP contribution in [0.5, 0.6) is 0 Å². The largest absolute Gasteiger partial charge is 0.342 e. The number of alkyl halides is 1. The maximum atomic E-state index is 12.9. The number of carbonyl (C=O) groups is 2. The van der Waals surface area contributed by atoms with E-state index in [0.29, 0.717) is 25.4 Å². The minimum Gasteiger partial charge on any atom is -0.342 e. The highest BCUT2D eigenvalue weighted by atomic mass is 35.5. The fourth-order valence-electron chi connectivity index (χ4n) is 3.39. The van der Waals surface area contributed by atoms with Gasteiger partial charge in [-0.15, -0.1) is 23.4 Å². The minimum absolute atomic E-state index is 0.108. The smallest absolute Gasteiger partial charge is 0.254 e. The molecule has 1 spiro atoms. The van der Waals surface area contributed by atoms with E-state index in [1.807, 2.05) is 51.9 Å². The van der Waals surface area contributed by atoms with Crippen molar-refractivity contribution in [2.24, 2.45) is 0 Å². The lowest BCUT2D eigenvalue weighted by molar-refractivity contribution is -0.132. The second-order valence-corrected chi connectivity index (χ2v) is 7.77. The number of amides is 2. The Morgan fingerprint density at radius 3 is 2.48 bits per heavy atom. The molecular weight excluding hydrogens is 332 g/mol. The number of piperidine rings is 1. The summed E-state index contributed by atoms with van der Waals surface area (Å²) in [5.41, 5.74) is 0.745. The van der Waals surface area contributed by atoms with Crippen LogP contribution in [-0.4, -0.2) is 57.8 Å². The number of benzene rings is 1. The summed E-state index contributed by atoms with van der Waals surface area (Å²) in [6.45, 7) is 2.20. The lowest BCUT2D eigenvalue weighted by Crippen LogP contribution is -2.53. The fraction of sp³-hybridized carbons (Fsp3) is 0.529. The second-order valence-electron chi connectivity index (χ2n) is 5.94. The van der Waals surface area contributed by atoms with Gasteiger partial charge in [-0.3, -0.25) is 9.59 Å². The van der Waals surface area contributed by atoms with Crippen molar-refractivity contribution in [1.82, 2.24) is 9.80 Å². The average Bonchev–Trinajstić information content (AvgIpc) is 2.99. The lowest BCUT2D eigenvalue weighted by atomic mass is 10.0. The van der Waals surface area contributed by atoms with Gasteiger partial charge >= 0.3 is 0 Å². The van der Waals surface area contributed by atoms with Crippen molar-refractivity contribution < 1.29 is 9.59 Å². The first-order valence-corrected chi connectivity index (χ1v) is 9.53. The van der Waals surface area contributed by atoms with Gasteiger partial charge in [0.2, 0.25) is 5.91 Å². The van der Waals surface area contributed by atoms with Gasteiger partial charge in [0.25, 0.3) is 5.91 Å². The maximum absolute atomic E-state index is 12.9. The van der Waals surface area contributed by atoms with Crippen LogP contribution in [0.25, 0.3) is 0 Å². The van der Waals surface area contributed by atoms with Crippen LogP contribution in [0, 0.1) is 0 Å². The predicted molar refractivity (Wildman–Crippen MR) is 93.8 cm³/mol. The van der Waals surface area contributed by atoms with E-state index >= 15 is 0 Å². The van der Waals surface area contributed by atoms with Gasteiger partial charge < -0.3 is 9.80 Å². The molecule has 0 unspecified atom stereocenters. The number of nitrogens with zero attached hydrogens (tertiary/aromatic N) is 2. The van der Waals surface area contributed by atoms with Crippen molar-refractivity contribution in [3.05, 3.63) is 35.9 Å². The molecule has 2 aliphatic rings. The van der Waals surface area contributed by atoms with Gasteiger partial charge in [0.15, 0.2) is 0 Å². The van der Waals surface area contributed by atoms with Crippen molar-refractivity contribution in [3.8, 4) is 0 Å². The van der Waals surface area contributed by atoms with Crippen molar-refractivity contribution >= 4 is 35.2 Å². The van der Waals surface area contributed by atoms with Crippen LogP contribution < -0.4 is 0 Å². The summed E-state index contributed by atoms with van der Waals surface area (Å²) in [4.78, 5) is 28.6. The molecule has 2 heterocycles. The SMILES string of the molecule is O=C(CCCl)N1CCC2(CC1)SCCN2C(=O)c1ccccc1. The van der Waals surface area contributed by atoms with Gasteiger partial charge in [-0.25, -0.2) is 0 Å². The average molecular weight is 353 g/mol. The fourth-order valence-corrected chi connectivity index (χ4v) is 5.01. The van der Waals surface area contributed by atoms with Crippen LogP contribution in [0.15, 0.2) is 30.3 Å². The van der Waals surface area contributed by atoms with Gasteiger partial charge in [-0.2, -0.15) is 0 Å². The molecule has 2 fully saturated rings. The molecule has 0 saturated carbocycles. The van der Waals surface area contributed by atoms with Gasteiger partial charge in [0, 0.05) is 43.3 Å². The molecule has 0 atom stereocenters. The van der Waals surface area contributed by atoms with E-state index in [9.17, 15) is 9.59 Å². The lowest BCUT2D eigenvalue weighted by Gasteiger charge is -2.44. The molecule has 6 heteroatoms. The number of halogens is 1. The van der Waals surface area contributed by atoms with E-state index in [1.165, 1.54) is 0 Å². The van der Waals surface area contributed by atoms with E-state index in [1.54, 1.807) is 0 Å². The standard InChI is InChI=1S/C17H21ClN2O2S/c18-9-6-15(21)19-10-7-17(8-11-19)20(12-13-23-17)16(22)14-4-2-1-3-5-14/h1-5H,6-13H2. The van der Waals surface area contributed by atoms with Crippen molar-refractivity contribution in [2.45, 2.75) is 24.1 Å². The zero-order valence-electron chi connectivity index (χ0n) is 13.0. The van der Waals surface area contributed by atoms with Crippen molar-refractivity contribution in [2.75, 3.05) is 31.3 Å². The molecule has 2 saturated heterocycles. The van der Waals surface area contributed by atoms with Crippen LogP contribution in [0.4, 0.5) is 0 Å². The van der Waals surface area contributed by atoms with Gasteiger partial charge in [0.05, 0.1) is 4.87 Å². The van der Waals surface area contributed by atoms with E-state index in [-0.39, 0.29) is 16.7 Å². The summed E-state index contributed by atoms with van der Waals surface area (Å²) in [5, 5.41) is 0. The highest BCUT2D eigenvalue weighted by Crippen LogP contribution is 2.44. The van der Waals surface area contributed by atoms with Crippen LogP contribution in [0.2, 0.25) is 0 Å². The molecule has 0 N–H and O–H groups in total. The van der Waals surface area contributed by atoms with Gasteiger partial charge in [0.1, 0.15) is 0 Å². The molecule has 1 aromatic carbocycles. The molecule has 4 nitrogen and oxygen atoms in total. The highest BCUT2D eigenvalue weighted by molar-refractivity contribution is 8.00. The Kier molecular flexibility index (Phi) is 5.17. The quantitative estimate of drug-likeness (QED) is 0.785. The van der Waals surface area contributed by atoms with Crippen LogP contribution >= 0.6 is 23.4 Å². The van der Waals surface area contributed by atoms with Crippen molar-refractivity contribution in [3.63, 3.8) is 0 Å². The Bertz CT molecular complexity index is 573. The number of hydrogen-bond donors (Lipinski definition) is 0. The van der Waals surface area contributed by atoms with Gasteiger partial charge in [-0.05, 0) is 25.0 Å². The van der Waals surface area contributed by atoms with E-state index in [2.05, 4.69) is 0 Å². The Labute approximate surface area is 146 Å². The van der Waals surface area contributed by atoms with E-state index in [0.717, 1.165) is 30.7 Å². The first-order valence-electron chi connectivity index (χ1n) is 8.01. The number of hydrogen-bond acceptors (Lipinski definition) is 3. The zero-order valence-corrected chi connectivity index (χ0v) is 14.6. The van der Waals surface area contributed by atoms with E-state index < -0.39 is 0 Å². The summed E-state index contributed by atoms with van der Waals surface area (Å²) in [7, 11) is 0. The second kappa shape index (κ2) is 7.14. The molecule has 0 aliphatic carbocycles. The third-order valence-electron chi connectivity index (χ3n) is 4.65. The molecule has 1 aromatic rings. The Balaban J connectivity index is 1.70. The molecular formula is C17H21ClN2O2S. The molecule has 124 valence electrons. The summed E-state index contributed by atoms with van der Waals surface area (Å²) < 4.78 is 0. The molecule has 0 radical (unpaired) electrons. The number of thioether (sulfide) groups is 1. The number of carbonyl (C=O) groups excluding carboxylic acids is 2. The Morgan fingerprint density at radius 1 is 1.13 bits per heavy atom. The van der Waals surface area contributed by atoms with Crippen LogP contribution in [-0.2, 0) is 4.79 Å². The maximum Gasteiger partial charge on any atom is 0.254 e. The third-order valence-corrected chi connectivity index (χ3v) is 6.39. The molecule has 2 aliphatic heterocycles. The molecule has 0 aromatic heterocycles. The summed E-state index contributed by atoms with van der Waals surface area (Å²) in [5.74, 6) is 1.57. The monoisotopic (exact) mass is 352 g/mol. The Hall–Kier alpha value is -1.20. The number of rotatable bonds is 3. The van der Waals surface area contributed by atoms with Crippen molar-refractivity contribution in [1.29, 1.82) is 0 Å². The first kappa shape index (κ1) is 16.7. The predicted octanol–water partition coefficient (Wildman–Crippen LogP) is 2.82. The number of likely N-dealkylation sites (tertiary alicyclic amines) is 1. The van der Waals surface area contributed by atoms with E-state index in [4.69, 9.17) is 11.6 Å². The van der Waals surface area contributed by atoms with Crippen LogP contribution in [0.1, 0.15) is 29.6 Å². The summed E-state index contributed by atoms with van der Waals surface area (Å²) in [6.07, 6.45) is 2.07.